The van der Waals surface area contributed by atoms with E-state index in [1.54, 1.807) is 0 Å². The first-order chi connectivity index (χ1) is 8.09. The molecule has 1 saturated heterocycles. The second-order valence-electron chi connectivity index (χ2n) is 4.97. The first-order valence-corrected chi connectivity index (χ1v) is 7.38. The average Bonchev–Trinajstić information content (AvgIpc) is 2.34. The number of ketones is 1. The number of carbonyl (C=O) groups is 1. The quantitative estimate of drug-likeness (QED) is 0.734. The van der Waals surface area contributed by atoms with Crippen LogP contribution in [0.25, 0.3) is 0 Å². The Morgan fingerprint density at radius 1 is 1.12 bits per heavy atom. The van der Waals surface area contributed by atoms with E-state index in [2.05, 4.69) is 26.0 Å². The van der Waals surface area contributed by atoms with Gasteiger partial charge in [-0.05, 0) is 62.1 Å². The number of hydrogen-bond acceptors (Lipinski definition) is 2. The Kier molecular flexibility index (Phi) is 3.93. The number of rotatable bonds is 2. The van der Waals surface area contributed by atoms with Crippen molar-refractivity contribution in [3.63, 3.8) is 0 Å². The van der Waals surface area contributed by atoms with Crippen molar-refractivity contribution in [3.05, 3.63) is 34.4 Å². The van der Waals surface area contributed by atoms with Gasteiger partial charge in [-0.2, -0.15) is 11.8 Å². The molecule has 2 heteroatoms. The van der Waals surface area contributed by atoms with Crippen LogP contribution in [-0.4, -0.2) is 16.8 Å². The van der Waals surface area contributed by atoms with Gasteiger partial charge in [-0.25, -0.2) is 0 Å². The van der Waals surface area contributed by atoms with Crippen LogP contribution in [0.1, 0.15) is 46.3 Å². The summed E-state index contributed by atoms with van der Waals surface area (Å²) >= 11 is 1.84. The zero-order chi connectivity index (χ0) is 12.4. The second kappa shape index (κ2) is 5.26. The molecule has 0 amide bonds. The maximum absolute atomic E-state index is 12.5. The highest BCUT2D eigenvalue weighted by atomic mass is 32.2. The van der Waals surface area contributed by atoms with Gasteiger partial charge in [-0.15, -0.1) is 0 Å². The molecule has 2 rings (SSSR count). The summed E-state index contributed by atoms with van der Waals surface area (Å²) in [6, 6.07) is 4.21. The van der Waals surface area contributed by atoms with E-state index in [9.17, 15) is 4.79 Å². The van der Waals surface area contributed by atoms with Crippen molar-refractivity contribution in [3.8, 4) is 0 Å². The van der Waals surface area contributed by atoms with Crippen molar-refractivity contribution in [1.82, 2.24) is 0 Å². The standard InChI is InChI=1S/C15H20OS/c1-10-8-12(3)13(9-11(10)2)15(16)14-6-4-5-7-17-14/h8-9,14H,4-7H2,1-3H3. The first-order valence-electron chi connectivity index (χ1n) is 6.33. The van der Waals surface area contributed by atoms with E-state index < -0.39 is 0 Å². The molecule has 1 aromatic rings. The van der Waals surface area contributed by atoms with Gasteiger partial charge in [0.1, 0.15) is 0 Å². The van der Waals surface area contributed by atoms with E-state index in [0.717, 1.165) is 23.3 Å². The molecule has 0 aromatic heterocycles. The lowest BCUT2D eigenvalue weighted by Crippen LogP contribution is -2.22. The van der Waals surface area contributed by atoms with Crippen molar-refractivity contribution >= 4 is 17.5 Å². The third-order valence-corrected chi connectivity index (χ3v) is 4.95. The Hall–Kier alpha value is -0.760. The van der Waals surface area contributed by atoms with E-state index >= 15 is 0 Å². The molecule has 0 saturated carbocycles. The van der Waals surface area contributed by atoms with Crippen molar-refractivity contribution < 1.29 is 4.79 Å². The highest BCUT2D eigenvalue weighted by molar-refractivity contribution is 8.00. The third-order valence-electron chi connectivity index (χ3n) is 3.58. The zero-order valence-electron chi connectivity index (χ0n) is 10.9. The molecule has 92 valence electrons. The van der Waals surface area contributed by atoms with Gasteiger partial charge in [-0.1, -0.05) is 12.5 Å². The van der Waals surface area contributed by atoms with Crippen LogP contribution in [0.2, 0.25) is 0 Å². The Labute approximate surface area is 108 Å². The lowest BCUT2D eigenvalue weighted by Gasteiger charge is -2.21. The monoisotopic (exact) mass is 248 g/mol. The molecule has 1 atom stereocenters. The number of hydrogen-bond donors (Lipinski definition) is 0. The van der Waals surface area contributed by atoms with Gasteiger partial charge in [0.2, 0.25) is 0 Å². The van der Waals surface area contributed by atoms with E-state index in [0.29, 0.717) is 5.78 Å². The smallest absolute Gasteiger partial charge is 0.176 e. The Balaban J connectivity index is 2.26. The predicted octanol–water partition coefficient (Wildman–Crippen LogP) is 4.08. The SMILES string of the molecule is Cc1cc(C)c(C(=O)C2CCCCS2)cc1C. The lowest BCUT2D eigenvalue weighted by atomic mass is 9.95. The van der Waals surface area contributed by atoms with E-state index in [1.165, 1.54) is 24.0 Å². The summed E-state index contributed by atoms with van der Waals surface area (Å²) in [5, 5.41) is 0.199. The molecule has 1 aromatic carbocycles. The van der Waals surface area contributed by atoms with Gasteiger partial charge in [-0.3, -0.25) is 4.79 Å². The molecule has 1 fully saturated rings. The molecule has 1 aliphatic rings. The molecular weight excluding hydrogens is 228 g/mol. The Morgan fingerprint density at radius 2 is 1.82 bits per heavy atom. The van der Waals surface area contributed by atoms with Gasteiger partial charge in [0.25, 0.3) is 0 Å². The predicted molar refractivity (Wildman–Crippen MR) is 75.1 cm³/mol. The minimum atomic E-state index is 0.199. The normalized spacial score (nSPS) is 20.3. The molecule has 1 unspecified atom stereocenters. The van der Waals surface area contributed by atoms with E-state index in [4.69, 9.17) is 0 Å². The number of benzene rings is 1. The van der Waals surface area contributed by atoms with Gasteiger partial charge < -0.3 is 0 Å². The Bertz CT molecular complexity index is 431. The topological polar surface area (TPSA) is 17.1 Å². The number of carbonyl (C=O) groups excluding carboxylic acids is 1. The van der Waals surface area contributed by atoms with Gasteiger partial charge in [0.15, 0.2) is 5.78 Å². The number of aryl methyl sites for hydroxylation is 3. The van der Waals surface area contributed by atoms with Crippen molar-refractivity contribution in [1.29, 1.82) is 0 Å². The Morgan fingerprint density at radius 3 is 2.47 bits per heavy atom. The lowest BCUT2D eigenvalue weighted by molar-refractivity contribution is 0.0984. The highest BCUT2D eigenvalue weighted by Crippen LogP contribution is 2.29. The van der Waals surface area contributed by atoms with Crippen LogP contribution in [0.5, 0.6) is 0 Å². The number of thioether (sulfide) groups is 1. The van der Waals surface area contributed by atoms with Crippen molar-refractivity contribution in [2.24, 2.45) is 0 Å². The van der Waals surface area contributed by atoms with Gasteiger partial charge in [0.05, 0.1) is 5.25 Å². The van der Waals surface area contributed by atoms with Crippen LogP contribution in [0.4, 0.5) is 0 Å². The van der Waals surface area contributed by atoms with Crippen LogP contribution in [-0.2, 0) is 0 Å². The molecule has 0 aliphatic carbocycles. The molecule has 0 spiro atoms. The molecule has 0 bridgehead atoms. The van der Waals surface area contributed by atoms with Crippen molar-refractivity contribution in [2.45, 2.75) is 45.3 Å². The fraction of sp³-hybridized carbons (Fsp3) is 0.533. The summed E-state index contributed by atoms with van der Waals surface area (Å²) in [6.45, 7) is 6.23. The van der Waals surface area contributed by atoms with Crippen LogP contribution in [0.15, 0.2) is 12.1 Å². The summed E-state index contributed by atoms with van der Waals surface area (Å²) < 4.78 is 0. The minimum absolute atomic E-state index is 0.199. The molecule has 0 radical (unpaired) electrons. The van der Waals surface area contributed by atoms with Gasteiger partial charge in [0, 0.05) is 5.56 Å². The van der Waals surface area contributed by atoms with Crippen LogP contribution in [0, 0.1) is 20.8 Å². The number of Topliss-reactive ketones (excluding diaryl/α,β-unsaturated/α-hetero) is 1. The minimum Gasteiger partial charge on any atom is -0.293 e. The largest absolute Gasteiger partial charge is 0.293 e. The summed E-state index contributed by atoms with van der Waals surface area (Å²) in [5.41, 5.74) is 4.56. The maximum Gasteiger partial charge on any atom is 0.176 e. The molecular formula is C15H20OS. The molecule has 1 nitrogen and oxygen atoms in total. The average molecular weight is 248 g/mol. The third kappa shape index (κ3) is 2.74. The van der Waals surface area contributed by atoms with Gasteiger partial charge >= 0.3 is 0 Å². The molecule has 1 aliphatic heterocycles. The van der Waals surface area contributed by atoms with Crippen LogP contribution in [0.3, 0.4) is 0 Å². The summed E-state index contributed by atoms with van der Waals surface area (Å²) in [6.07, 6.45) is 3.52. The molecule has 0 N–H and O–H groups in total. The summed E-state index contributed by atoms with van der Waals surface area (Å²) in [5.74, 6) is 1.48. The fourth-order valence-corrected chi connectivity index (χ4v) is 3.61. The van der Waals surface area contributed by atoms with Crippen LogP contribution >= 0.6 is 11.8 Å². The fourth-order valence-electron chi connectivity index (χ4n) is 2.35. The van der Waals surface area contributed by atoms with Crippen LogP contribution < -0.4 is 0 Å². The first kappa shape index (κ1) is 12.7. The second-order valence-corrected chi connectivity index (χ2v) is 6.28. The zero-order valence-corrected chi connectivity index (χ0v) is 11.7. The highest BCUT2D eigenvalue weighted by Gasteiger charge is 2.24. The van der Waals surface area contributed by atoms with E-state index in [1.807, 2.05) is 18.7 Å². The summed E-state index contributed by atoms with van der Waals surface area (Å²) in [4.78, 5) is 12.5. The summed E-state index contributed by atoms with van der Waals surface area (Å²) in [7, 11) is 0. The maximum atomic E-state index is 12.5. The van der Waals surface area contributed by atoms with E-state index in [-0.39, 0.29) is 5.25 Å². The molecule has 1 heterocycles. The van der Waals surface area contributed by atoms with Crippen molar-refractivity contribution in [2.75, 3.05) is 5.75 Å². The molecule has 17 heavy (non-hydrogen) atoms.